The fourth-order valence-corrected chi connectivity index (χ4v) is 2.70. The molecule has 1 aliphatic heterocycles. The van der Waals surface area contributed by atoms with Gasteiger partial charge in [-0.15, -0.1) is 0 Å². The van der Waals surface area contributed by atoms with E-state index in [9.17, 15) is 0 Å². The summed E-state index contributed by atoms with van der Waals surface area (Å²) in [6.07, 6.45) is 6.15. The molecule has 2 heterocycles. The zero-order valence-electron chi connectivity index (χ0n) is 7.70. The Labute approximate surface area is 91.6 Å². The number of hydrogen-bond donors (Lipinski definition) is 1. The third kappa shape index (κ3) is 1.23. The minimum absolute atomic E-state index is 0.728. The quantitative estimate of drug-likeness (QED) is 0.826. The third-order valence-corrected chi connectivity index (χ3v) is 3.53. The van der Waals surface area contributed by atoms with Crippen LogP contribution in [-0.4, -0.2) is 18.1 Å². The summed E-state index contributed by atoms with van der Waals surface area (Å²) in [7, 11) is 0. The van der Waals surface area contributed by atoms with Crippen LogP contribution in [0.2, 0.25) is 0 Å². The summed E-state index contributed by atoms with van der Waals surface area (Å²) >= 11 is 3.45. The zero-order chi connectivity index (χ0) is 9.54. The standard InChI is InChI=1S/C11H11BrN2/c12-9-1-7(3-13-5-9)10-2-8-4-14-6-11(8)10/h1-3,5,8,11,14H,4,6H2/t8-,11+/m0/s1. The average molecular weight is 251 g/mol. The smallest absolute Gasteiger partial charge is 0.0410 e. The van der Waals surface area contributed by atoms with Crippen molar-refractivity contribution in [2.24, 2.45) is 11.8 Å². The monoisotopic (exact) mass is 250 g/mol. The van der Waals surface area contributed by atoms with Crippen LogP contribution in [0.1, 0.15) is 5.56 Å². The summed E-state index contributed by atoms with van der Waals surface area (Å²) in [6.45, 7) is 2.28. The Kier molecular flexibility index (Phi) is 1.96. The van der Waals surface area contributed by atoms with Crippen molar-refractivity contribution in [3.63, 3.8) is 0 Å². The van der Waals surface area contributed by atoms with Crippen LogP contribution < -0.4 is 5.32 Å². The van der Waals surface area contributed by atoms with E-state index in [2.05, 4.69) is 38.4 Å². The molecule has 2 nitrogen and oxygen atoms in total. The maximum atomic E-state index is 4.19. The van der Waals surface area contributed by atoms with Gasteiger partial charge in [0.2, 0.25) is 0 Å². The molecule has 1 aliphatic carbocycles. The number of hydrogen-bond acceptors (Lipinski definition) is 2. The number of fused-ring (bicyclic) bond motifs is 1. The van der Waals surface area contributed by atoms with Crippen molar-refractivity contribution in [3.8, 4) is 0 Å². The highest BCUT2D eigenvalue weighted by molar-refractivity contribution is 9.10. The Bertz CT molecular complexity index is 400. The number of nitrogens with one attached hydrogen (secondary N) is 1. The topological polar surface area (TPSA) is 24.9 Å². The van der Waals surface area contributed by atoms with Gasteiger partial charge >= 0.3 is 0 Å². The Hall–Kier alpha value is -0.670. The van der Waals surface area contributed by atoms with E-state index in [-0.39, 0.29) is 0 Å². The van der Waals surface area contributed by atoms with E-state index in [1.165, 1.54) is 11.1 Å². The molecular formula is C11H11BrN2. The lowest BCUT2D eigenvalue weighted by Gasteiger charge is -2.29. The van der Waals surface area contributed by atoms with Crippen molar-refractivity contribution in [1.29, 1.82) is 0 Å². The Morgan fingerprint density at radius 3 is 3.07 bits per heavy atom. The van der Waals surface area contributed by atoms with Crippen LogP contribution in [0.4, 0.5) is 0 Å². The Morgan fingerprint density at radius 1 is 1.36 bits per heavy atom. The fourth-order valence-electron chi connectivity index (χ4n) is 2.33. The van der Waals surface area contributed by atoms with Crippen LogP contribution in [-0.2, 0) is 0 Å². The first-order valence-electron chi connectivity index (χ1n) is 4.88. The molecule has 0 bridgehead atoms. The minimum atomic E-state index is 0.728. The van der Waals surface area contributed by atoms with E-state index >= 15 is 0 Å². The van der Waals surface area contributed by atoms with Gasteiger partial charge in [0, 0.05) is 35.9 Å². The molecule has 1 aromatic heterocycles. The number of aromatic nitrogens is 1. The van der Waals surface area contributed by atoms with Crippen molar-refractivity contribution in [1.82, 2.24) is 10.3 Å². The van der Waals surface area contributed by atoms with E-state index in [4.69, 9.17) is 0 Å². The van der Waals surface area contributed by atoms with Gasteiger partial charge in [0.15, 0.2) is 0 Å². The first-order valence-corrected chi connectivity index (χ1v) is 5.67. The molecule has 3 heteroatoms. The molecule has 2 atom stereocenters. The zero-order valence-corrected chi connectivity index (χ0v) is 9.29. The van der Waals surface area contributed by atoms with Gasteiger partial charge in [-0.1, -0.05) is 6.08 Å². The molecule has 1 N–H and O–H groups in total. The van der Waals surface area contributed by atoms with Crippen molar-refractivity contribution in [2.45, 2.75) is 0 Å². The highest BCUT2D eigenvalue weighted by Crippen LogP contribution is 2.42. The molecule has 1 fully saturated rings. The molecule has 0 amide bonds. The summed E-state index contributed by atoms with van der Waals surface area (Å²) in [5.74, 6) is 1.50. The van der Waals surface area contributed by atoms with Gasteiger partial charge in [0.05, 0.1) is 0 Å². The number of nitrogens with zero attached hydrogens (tertiary/aromatic N) is 1. The lowest BCUT2D eigenvalue weighted by atomic mass is 9.74. The highest BCUT2D eigenvalue weighted by Gasteiger charge is 2.36. The van der Waals surface area contributed by atoms with Gasteiger partial charge in [-0.2, -0.15) is 0 Å². The van der Waals surface area contributed by atoms with Gasteiger partial charge in [-0.25, -0.2) is 0 Å². The second-order valence-corrected chi connectivity index (χ2v) is 4.86. The molecule has 0 unspecified atom stereocenters. The van der Waals surface area contributed by atoms with Crippen LogP contribution in [0.3, 0.4) is 0 Å². The minimum Gasteiger partial charge on any atom is -0.315 e. The van der Waals surface area contributed by atoms with Gasteiger partial charge in [-0.3, -0.25) is 4.98 Å². The molecule has 14 heavy (non-hydrogen) atoms. The average Bonchev–Trinajstić information content (AvgIpc) is 2.48. The predicted molar refractivity (Wildman–Crippen MR) is 59.8 cm³/mol. The molecule has 3 rings (SSSR count). The first-order chi connectivity index (χ1) is 6.84. The fraction of sp³-hybridized carbons (Fsp3) is 0.364. The lowest BCUT2D eigenvalue weighted by molar-refractivity contribution is 0.564. The van der Waals surface area contributed by atoms with Crippen molar-refractivity contribution < 1.29 is 0 Å². The summed E-state index contributed by atoms with van der Waals surface area (Å²) in [6, 6.07) is 2.15. The second-order valence-electron chi connectivity index (χ2n) is 3.94. The number of halogens is 1. The van der Waals surface area contributed by atoms with Crippen LogP contribution >= 0.6 is 15.9 Å². The summed E-state index contributed by atoms with van der Waals surface area (Å²) in [4.78, 5) is 4.19. The van der Waals surface area contributed by atoms with E-state index in [0.717, 1.165) is 29.4 Å². The van der Waals surface area contributed by atoms with E-state index in [0.29, 0.717) is 0 Å². The largest absolute Gasteiger partial charge is 0.315 e. The van der Waals surface area contributed by atoms with Crippen molar-refractivity contribution >= 4 is 21.5 Å². The van der Waals surface area contributed by atoms with Crippen LogP contribution in [0.25, 0.3) is 5.57 Å². The van der Waals surface area contributed by atoms with E-state index in [1.54, 1.807) is 0 Å². The summed E-state index contributed by atoms with van der Waals surface area (Å²) in [5.41, 5.74) is 2.73. The molecule has 1 aromatic rings. The number of rotatable bonds is 1. The van der Waals surface area contributed by atoms with Gasteiger partial charge < -0.3 is 5.32 Å². The predicted octanol–water partition coefficient (Wildman–Crippen LogP) is 2.08. The molecule has 72 valence electrons. The third-order valence-electron chi connectivity index (χ3n) is 3.09. The normalized spacial score (nSPS) is 29.4. The Morgan fingerprint density at radius 2 is 2.29 bits per heavy atom. The van der Waals surface area contributed by atoms with Crippen LogP contribution in [0, 0.1) is 11.8 Å². The summed E-state index contributed by atoms with van der Waals surface area (Å²) < 4.78 is 1.06. The van der Waals surface area contributed by atoms with Gasteiger partial charge in [-0.05, 0) is 39.1 Å². The highest BCUT2D eigenvalue weighted by atomic mass is 79.9. The number of pyridine rings is 1. The van der Waals surface area contributed by atoms with E-state index in [1.807, 2.05) is 12.4 Å². The second kappa shape index (κ2) is 3.17. The maximum Gasteiger partial charge on any atom is 0.0410 e. The molecule has 0 aromatic carbocycles. The van der Waals surface area contributed by atoms with Crippen molar-refractivity contribution in [3.05, 3.63) is 34.6 Å². The van der Waals surface area contributed by atoms with Crippen molar-refractivity contribution in [2.75, 3.05) is 13.1 Å². The molecule has 0 spiro atoms. The Balaban J connectivity index is 1.94. The first kappa shape index (κ1) is 8.62. The van der Waals surface area contributed by atoms with Crippen LogP contribution in [0.15, 0.2) is 29.0 Å². The molecular weight excluding hydrogens is 240 g/mol. The van der Waals surface area contributed by atoms with Gasteiger partial charge in [0.1, 0.15) is 0 Å². The molecule has 2 aliphatic rings. The molecule has 0 saturated carbocycles. The summed E-state index contributed by atoms with van der Waals surface area (Å²) in [5, 5.41) is 3.41. The molecule has 0 radical (unpaired) electrons. The lowest BCUT2D eigenvalue weighted by Crippen LogP contribution is -2.22. The maximum absolute atomic E-state index is 4.19. The van der Waals surface area contributed by atoms with E-state index < -0.39 is 0 Å². The van der Waals surface area contributed by atoms with Gasteiger partial charge in [0.25, 0.3) is 0 Å². The SMILES string of the molecule is Brc1cncc(C2=C[C@H]3CNC[C@@H]23)c1. The van der Waals surface area contributed by atoms with Crippen LogP contribution in [0.5, 0.6) is 0 Å². The molecule has 1 saturated heterocycles.